The Morgan fingerprint density at radius 3 is 2.29 bits per heavy atom. The number of benzene rings is 1. The predicted octanol–water partition coefficient (Wildman–Crippen LogP) is 2.08. The second-order valence-corrected chi connectivity index (χ2v) is 3.44. The van der Waals surface area contributed by atoms with Gasteiger partial charge in [-0.1, -0.05) is 0 Å². The molecular weight excluding hydrogens is 225 g/mol. The fourth-order valence-electron chi connectivity index (χ4n) is 1.42. The molecule has 0 amide bonds. The first-order valence-corrected chi connectivity index (χ1v) is 4.80. The summed E-state index contributed by atoms with van der Waals surface area (Å²) in [4.78, 5) is 25.0. The van der Waals surface area contributed by atoms with Gasteiger partial charge < -0.3 is 10.1 Å². The van der Waals surface area contributed by atoms with Crippen LogP contribution in [-0.2, 0) is 0 Å². The number of rotatable bonds is 3. The zero-order chi connectivity index (χ0) is 12.4. The van der Waals surface area contributed by atoms with Gasteiger partial charge in [-0.3, -0.25) is 4.79 Å². The number of nitrogens with one attached hydrogen (secondary N) is 1. The molecule has 1 aromatic carbocycles. The van der Waals surface area contributed by atoms with Crippen LogP contribution in [0.25, 0.3) is 0 Å². The molecule has 2 rings (SSSR count). The molecule has 0 bridgehead atoms. The van der Waals surface area contributed by atoms with Gasteiger partial charge in [0.1, 0.15) is 11.5 Å². The van der Waals surface area contributed by atoms with Crippen LogP contribution < -0.4 is 0 Å². The Kier molecular flexibility index (Phi) is 2.74. The maximum atomic E-state index is 12.7. The molecule has 0 unspecified atom stereocenters. The highest BCUT2D eigenvalue weighted by molar-refractivity contribution is 6.09. The summed E-state index contributed by atoms with van der Waals surface area (Å²) in [5.41, 5.74) is 0.479. The van der Waals surface area contributed by atoms with E-state index in [1.165, 1.54) is 36.5 Å². The normalized spacial score (nSPS) is 10.2. The molecule has 0 aliphatic carbocycles. The van der Waals surface area contributed by atoms with Crippen molar-refractivity contribution in [3.63, 3.8) is 0 Å². The van der Waals surface area contributed by atoms with Crippen LogP contribution in [0.15, 0.2) is 36.5 Å². The van der Waals surface area contributed by atoms with E-state index in [-0.39, 0.29) is 17.0 Å². The molecule has 2 N–H and O–H groups in total. The Morgan fingerprint density at radius 2 is 1.76 bits per heavy atom. The number of carbonyl (C=O) groups excluding carboxylic acids is 1. The zero-order valence-corrected chi connectivity index (χ0v) is 8.61. The Bertz CT molecular complexity index is 572. The number of carboxylic acid groups (broad SMARTS) is 1. The van der Waals surface area contributed by atoms with Crippen molar-refractivity contribution >= 4 is 11.8 Å². The van der Waals surface area contributed by atoms with Crippen molar-refractivity contribution in [2.24, 2.45) is 0 Å². The van der Waals surface area contributed by atoms with Gasteiger partial charge in [0.2, 0.25) is 0 Å². The van der Waals surface area contributed by atoms with Crippen LogP contribution in [-0.4, -0.2) is 21.8 Å². The van der Waals surface area contributed by atoms with Crippen molar-refractivity contribution in [1.82, 2.24) is 4.98 Å². The Labute approximate surface area is 95.7 Å². The molecule has 1 aromatic heterocycles. The minimum Gasteiger partial charge on any atom is -0.477 e. The number of aromatic carboxylic acids is 1. The molecule has 0 saturated heterocycles. The molecular formula is C12H8FNO3. The van der Waals surface area contributed by atoms with Gasteiger partial charge in [0.15, 0.2) is 5.78 Å². The number of aromatic amines is 1. The fourth-order valence-corrected chi connectivity index (χ4v) is 1.42. The smallest absolute Gasteiger partial charge is 0.352 e. The van der Waals surface area contributed by atoms with E-state index in [9.17, 15) is 14.0 Å². The van der Waals surface area contributed by atoms with E-state index in [0.717, 1.165) is 0 Å². The predicted molar refractivity (Wildman–Crippen MR) is 57.6 cm³/mol. The zero-order valence-electron chi connectivity index (χ0n) is 8.61. The van der Waals surface area contributed by atoms with Gasteiger partial charge in [-0.2, -0.15) is 0 Å². The molecule has 86 valence electrons. The fraction of sp³-hybridized carbons (Fsp3) is 0. The highest BCUT2D eigenvalue weighted by atomic mass is 19.1. The summed E-state index contributed by atoms with van der Waals surface area (Å²) in [7, 11) is 0. The van der Waals surface area contributed by atoms with Crippen molar-refractivity contribution < 1.29 is 19.1 Å². The maximum Gasteiger partial charge on any atom is 0.352 e. The van der Waals surface area contributed by atoms with E-state index in [0.29, 0.717) is 5.56 Å². The Hall–Kier alpha value is -2.43. The summed E-state index contributed by atoms with van der Waals surface area (Å²) in [5.74, 6) is -1.92. The van der Waals surface area contributed by atoms with Gasteiger partial charge in [-0.05, 0) is 30.3 Å². The van der Waals surface area contributed by atoms with E-state index in [1.807, 2.05) is 0 Å². The summed E-state index contributed by atoms with van der Waals surface area (Å²) in [6, 6.07) is 6.31. The second-order valence-electron chi connectivity index (χ2n) is 3.44. The minimum absolute atomic E-state index is 0.0598. The van der Waals surface area contributed by atoms with Crippen LogP contribution >= 0.6 is 0 Å². The van der Waals surface area contributed by atoms with Crippen molar-refractivity contribution in [2.45, 2.75) is 0 Å². The van der Waals surface area contributed by atoms with E-state index in [2.05, 4.69) is 4.98 Å². The van der Waals surface area contributed by atoms with E-state index >= 15 is 0 Å². The number of ketones is 1. The largest absolute Gasteiger partial charge is 0.477 e. The second kappa shape index (κ2) is 4.21. The topological polar surface area (TPSA) is 70.2 Å². The monoisotopic (exact) mass is 233 g/mol. The number of halogens is 1. The Morgan fingerprint density at radius 1 is 1.12 bits per heavy atom. The molecule has 1 heterocycles. The minimum atomic E-state index is -1.14. The van der Waals surface area contributed by atoms with Gasteiger partial charge in [-0.15, -0.1) is 0 Å². The quantitative estimate of drug-likeness (QED) is 0.797. The molecule has 2 aromatic rings. The van der Waals surface area contributed by atoms with Crippen molar-refractivity contribution in [3.05, 3.63) is 59.2 Å². The number of carbonyl (C=O) groups is 2. The molecule has 4 nitrogen and oxygen atoms in total. The van der Waals surface area contributed by atoms with Crippen LogP contribution in [0.4, 0.5) is 4.39 Å². The molecule has 0 saturated carbocycles. The van der Waals surface area contributed by atoms with Crippen molar-refractivity contribution in [3.8, 4) is 0 Å². The van der Waals surface area contributed by atoms with E-state index in [1.54, 1.807) is 0 Å². The van der Waals surface area contributed by atoms with Crippen LogP contribution in [0.3, 0.4) is 0 Å². The summed E-state index contributed by atoms with van der Waals surface area (Å²) in [6.07, 6.45) is 1.31. The highest BCUT2D eigenvalue weighted by Gasteiger charge is 2.13. The molecule has 0 fully saturated rings. The number of hydrogen-bond acceptors (Lipinski definition) is 2. The van der Waals surface area contributed by atoms with Gasteiger partial charge in [-0.25, -0.2) is 9.18 Å². The third-order valence-corrected chi connectivity index (χ3v) is 2.28. The standard InChI is InChI=1S/C12H8FNO3/c13-9-3-1-7(2-4-9)11(15)8-5-10(12(16)17)14-6-8/h1-6,14H,(H,16,17). The lowest BCUT2D eigenvalue weighted by Gasteiger charge is -1.97. The SMILES string of the molecule is O=C(c1ccc(F)cc1)c1c[nH]c(C(=O)O)c1. The Balaban J connectivity index is 2.30. The number of aromatic nitrogens is 1. The summed E-state index contributed by atoms with van der Waals surface area (Å²) in [5, 5.41) is 8.69. The van der Waals surface area contributed by atoms with Gasteiger partial charge >= 0.3 is 5.97 Å². The average molecular weight is 233 g/mol. The molecule has 17 heavy (non-hydrogen) atoms. The molecule has 5 heteroatoms. The lowest BCUT2D eigenvalue weighted by Crippen LogP contribution is -2.00. The molecule has 0 spiro atoms. The number of hydrogen-bond donors (Lipinski definition) is 2. The first-order chi connectivity index (χ1) is 8.08. The summed E-state index contributed by atoms with van der Waals surface area (Å²) < 4.78 is 12.7. The molecule has 0 atom stereocenters. The summed E-state index contributed by atoms with van der Waals surface area (Å²) in [6.45, 7) is 0. The third kappa shape index (κ3) is 2.23. The van der Waals surface area contributed by atoms with Crippen molar-refractivity contribution in [1.29, 1.82) is 0 Å². The molecule has 0 aliphatic rings. The van der Waals surface area contributed by atoms with E-state index in [4.69, 9.17) is 5.11 Å². The number of H-pyrrole nitrogens is 1. The lowest BCUT2D eigenvalue weighted by molar-refractivity contribution is 0.0691. The molecule has 0 radical (unpaired) electrons. The average Bonchev–Trinajstić information content (AvgIpc) is 2.78. The highest BCUT2D eigenvalue weighted by Crippen LogP contribution is 2.12. The van der Waals surface area contributed by atoms with Crippen molar-refractivity contribution in [2.75, 3.05) is 0 Å². The molecule has 0 aliphatic heterocycles. The first kappa shape index (κ1) is 11.1. The van der Waals surface area contributed by atoms with Crippen LogP contribution in [0.1, 0.15) is 26.4 Å². The van der Waals surface area contributed by atoms with Crippen LogP contribution in [0.2, 0.25) is 0 Å². The lowest BCUT2D eigenvalue weighted by atomic mass is 10.1. The maximum absolute atomic E-state index is 12.7. The first-order valence-electron chi connectivity index (χ1n) is 4.80. The third-order valence-electron chi connectivity index (χ3n) is 2.28. The van der Waals surface area contributed by atoms with Crippen LogP contribution in [0.5, 0.6) is 0 Å². The number of carboxylic acids is 1. The van der Waals surface area contributed by atoms with Gasteiger partial charge in [0.05, 0.1) is 0 Å². The van der Waals surface area contributed by atoms with Crippen LogP contribution in [0, 0.1) is 5.82 Å². The van der Waals surface area contributed by atoms with Gasteiger partial charge in [0, 0.05) is 17.3 Å². The summed E-state index contributed by atoms with van der Waals surface area (Å²) >= 11 is 0. The van der Waals surface area contributed by atoms with Gasteiger partial charge in [0.25, 0.3) is 0 Å². The van der Waals surface area contributed by atoms with E-state index < -0.39 is 11.8 Å².